The van der Waals surface area contributed by atoms with Crippen molar-refractivity contribution < 1.29 is 58.9 Å². The second-order valence-electron chi connectivity index (χ2n) is 16.0. The monoisotopic (exact) mass is 869 g/mol. The van der Waals surface area contributed by atoms with Gasteiger partial charge in [0.05, 0.1) is 18.1 Å². The van der Waals surface area contributed by atoms with Crippen molar-refractivity contribution in [1.82, 2.24) is 31.1 Å². The zero-order valence-electron chi connectivity index (χ0n) is 35.9. The molecule has 0 fully saturated rings. The van der Waals surface area contributed by atoms with Crippen LogP contribution in [0, 0.1) is 16.0 Å². The van der Waals surface area contributed by atoms with Crippen molar-refractivity contribution in [3.63, 3.8) is 0 Å². The smallest absolute Gasteiger partial charge is 0.326 e. The molecule has 5 unspecified atom stereocenters. The van der Waals surface area contributed by atoms with Gasteiger partial charge in [0, 0.05) is 44.1 Å². The van der Waals surface area contributed by atoms with E-state index in [4.69, 9.17) is 0 Å². The molecule has 0 saturated heterocycles. The summed E-state index contributed by atoms with van der Waals surface area (Å²) >= 11 is 0. The number of aliphatic carboxylic acids is 1. The summed E-state index contributed by atoms with van der Waals surface area (Å²) in [6.45, 7) is 5.51. The van der Waals surface area contributed by atoms with E-state index in [1.807, 2.05) is 0 Å². The van der Waals surface area contributed by atoms with Gasteiger partial charge in [-0.05, 0) is 55.5 Å². The lowest BCUT2D eigenvalue weighted by Gasteiger charge is -2.30. The first-order valence-corrected chi connectivity index (χ1v) is 20.6. The highest BCUT2D eigenvalue weighted by atomic mass is 16.6. The summed E-state index contributed by atoms with van der Waals surface area (Å²) in [4.78, 5) is 105. The molecule has 0 radical (unpaired) electrons. The number of benzene rings is 2. The number of phenols is 2. The SMILES string of the molecule is CC(C)CCCCCCCCC(=O)N(C)C(CO)C(=O)NC(C)C(=O)NCC(=O)N(C)C1C(=O)NC(C)C(=O)NC(C(=O)O)Cc2cc(c(O)c([N+](=O)[O-])c2)-c2cc1ccc2O. The highest BCUT2D eigenvalue weighted by Crippen LogP contribution is 2.43. The molecule has 62 heavy (non-hydrogen) atoms. The number of likely N-dealkylation sites (N-methyl/N-ethyl adjacent to an activating group) is 2. The van der Waals surface area contributed by atoms with Crippen LogP contribution in [0.3, 0.4) is 0 Å². The van der Waals surface area contributed by atoms with Gasteiger partial charge in [-0.25, -0.2) is 4.79 Å². The fourth-order valence-corrected chi connectivity index (χ4v) is 6.95. The van der Waals surface area contributed by atoms with E-state index >= 15 is 0 Å². The number of aromatic hydroxyl groups is 2. The predicted molar refractivity (Wildman–Crippen MR) is 224 cm³/mol. The molecule has 8 N–H and O–H groups in total. The Bertz CT molecular complexity index is 1990. The van der Waals surface area contributed by atoms with Gasteiger partial charge in [-0.15, -0.1) is 0 Å². The van der Waals surface area contributed by atoms with Gasteiger partial charge in [0.15, 0.2) is 0 Å². The van der Waals surface area contributed by atoms with Crippen molar-refractivity contribution >= 4 is 47.1 Å². The third-order valence-corrected chi connectivity index (χ3v) is 10.7. The van der Waals surface area contributed by atoms with Gasteiger partial charge in [-0.2, -0.15) is 0 Å². The number of carbonyl (C=O) groups is 7. The maximum absolute atomic E-state index is 13.9. The highest BCUT2D eigenvalue weighted by molar-refractivity contribution is 5.96. The number of amides is 6. The second-order valence-corrected chi connectivity index (χ2v) is 16.0. The summed E-state index contributed by atoms with van der Waals surface area (Å²) in [5.41, 5.74) is -1.39. The third kappa shape index (κ3) is 13.6. The molecule has 340 valence electrons. The molecule has 20 heteroatoms. The molecular weight excluding hydrogens is 810 g/mol. The standard InChI is InChI=1S/C42H59N7O13/c1-23(2)13-11-9-7-8-10-12-14-34(52)47(5)32(22-50)40(57)44-24(3)38(55)43-21-35(53)48(6)36-27-15-16-33(51)28(20-27)29-17-26(19-31(37(29)54)49(61)62)18-30(42(59)60)46-39(56)25(4)45-41(36)58/h15-17,19-20,23-25,30,32,36,50-51,54H,7-14,18,21-22H2,1-6H3,(H,43,55)(H,44,57)(H,45,58)(H,46,56)(H,59,60). The van der Waals surface area contributed by atoms with E-state index in [0.29, 0.717) is 12.3 Å². The zero-order chi connectivity index (χ0) is 46.4. The van der Waals surface area contributed by atoms with Gasteiger partial charge in [0.2, 0.25) is 41.2 Å². The average Bonchev–Trinajstić information content (AvgIpc) is 3.20. The fourth-order valence-electron chi connectivity index (χ4n) is 6.95. The van der Waals surface area contributed by atoms with Crippen LogP contribution in [0.1, 0.15) is 96.2 Å². The molecule has 20 nitrogen and oxygen atoms in total. The van der Waals surface area contributed by atoms with Crippen molar-refractivity contribution in [2.45, 2.75) is 116 Å². The average molecular weight is 870 g/mol. The lowest BCUT2D eigenvalue weighted by Crippen LogP contribution is -2.55. The molecule has 0 saturated carbocycles. The Morgan fingerprint density at radius 3 is 2.15 bits per heavy atom. The van der Waals surface area contributed by atoms with Crippen LogP contribution in [0.4, 0.5) is 5.69 Å². The molecule has 0 aliphatic carbocycles. The van der Waals surface area contributed by atoms with Gasteiger partial charge in [-0.1, -0.05) is 58.4 Å². The third-order valence-electron chi connectivity index (χ3n) is 10.7. The number of phenolic OH excluding ortho intramolecular Hbond substituents is 2. The molecule has 2 aromatic carbocycles. The van der Waals surface area contributed by atoms with Crippen molar-refractivity contribution in [3.8, 4) is 22.6 Å². The molecule has 1 heterocycles. The number of carboxylic acids is 1. The van der Waals surface area contributed by atoms with Gasteiger partial charge < -0.3 is 51.5 Å². The van der Waals surface area contributed by atoms with Crippen LogP contribution in [0.25, 0.3) is 11.1 Å². The lowest BCUT2D eigenvalue weighted by molar-refractivity contribution is -0.385. The first-order chi connectivity index (χ1) is 29.2. The van der Waals surface area contributed by atoms with Gasteiger partial charge >= 0.3 is 11.7 Å². The van der Waals surface area contributed by atoms with Gasteiger partial charge in [0.1, 0.15) is 36.0 Å². The first kappa shape index (κ1) is 50.0. The Kier molecular flexibility index (Phi) is 18.6. The Hall–Kier alpha value is -6.31. The number of nitro groups is 1. The molecule has 1 aliphatic rings. The van der Waals surface area contributed by atoms with Crippen LogP contribution < -0.4 is 21.3 Å². The van der Waals surface area contributed by atoms with Gasteiger partial charge in [-0.3, -0.25) is 38.9 Å². The van der Waals surface area contributed by atoms with E-state index in [2.05, 4.69) is 35.1 Å². The molecule has 6 amide bonds. The molecule has 1 aliphatic heterocycles. The van der Waals surface area contributed by atoms with E-state index in [9.17, 15) is 64.1 Å². The summed E-state index contributed by atoms with van der Waals surface area (Å²) < 4.78 is 0. The number of aliphatic hydroxyl groups excluding tert-OH is 1. The molecule has 2 aromatic rings. The Morgan fingerprint density at radius 1 is 0.887 bits per heavy atom. The summed E-state index contributed by atoms with van der Waals surface area (Å²) in [5, 5.41) is 63.1. The number of unbranched alkanes of at least 4 members (excludes halogenated alkanes) is 5. The van der Waals surface area contributed by atoms with Crippen LogP contribution in [0.5, 0.6) is 11.5 Å². The maximum atomic E-state index is 13.9. The number of nitrogens with one attached hydrogen (secondary N) is 4. The van der Waals surface area contributed by atoms with Crippen LogP contribution in [-0.4, -0.2) is 128 Å². The van der Waals surface area contributed by atoms with Crippen molar-refractivity contribution in [2.24, 2.45) is 5.92 Å². The zero-order valence-corrected chi connectivity index (χ0v) is 35.9. The van der Waals surface area contributed by atoms with Crippen LogP contribution in [-0.2, 0) is 40.0 Å². The number of nitrogens with zero attached hydrogens (tertiary/aromatic N) is 3. The van der Waals surface area contributed by atoms with Crippen molar-refractivity contribution in [1.29, 1.82) is 0 Å². The molecule has 3 rings (SSSR count). The highest BCUT2D eigenvalue weighted by Gasteiger charge is 2.35. The number of carbonyl (C=O) groups excluding carboxylic acids is 6. The number of aliphatic hydroxyl groups is 1. The van der Waals surface area contributed by atoms with E-state index in [0.717, 1.165) is 47.6 Å². The van der Waals surface area contributed by atoms with Crippen molar-refractivity contribution in [3.05, 3.63) is 51.6 Å². The number of hydrogen-bond acceptors (Lipinski definition) is 12. The van der Waals surface area contributed by atoms with Crippen LogP contribution >= 0.6 is 0 Å². The van der Waals surface area contributed by atoms with Gasteiger partial charge in [0.25, 0.3) is 0 Å². The maximum Gasteiger partial charge on any atom is 0.326 e. The summed E-state index contributed by atoms with van der Waals surface area (Å²) in [6, 6.07) is -1.53. The normalized spacial score (nSPS) is 17.4. The quantitative estimate of drug-likeness (QED) is 0.0570. The van der Waals surface area contributed by atoms with Crippen LogP contribution in [0.2, 0.25) is 0 Å². The summed E-state index contributed by atoms with van der Waals surface area (Å²) in [6.07, 6.45) is 6.70. The van der Waals surface area contributed by atoms with E-state index < -0.39 is 107 Å². The fraction of sp³-hybridized carbons (Fsp3) is 0.548. The van der Waals surface area contributed by atoms with Crippen LogP contribution in [0.15, 0.2) is 30.3 Å². The molecule has 5 atom stereocenters. The summed E-state index contributed by atoms with van der Waals surface area (Å²) in [7, 11) is 2.58. The minimum Gasteiger partial charge on any atom is -0.507 e. The minimum atomic E-state index is -1.65. The molecule has 0 aromatic heterocycles. The van der Waals surface area contributed by atoms with E-state index in [-0.39, 0.29) is 34.6 Å². The summed E-state index contributed by atoms with van der Waals surface area (Å²) in [5.74, 6) is -7.03. The number of carboxylic acid groups (broad SMARTS) is 1. The Balaban J connectivity index is 1.77. The largest absolute Gasteiger partial charge is 0.507 e. The topological polar surface area (TPSA) is 298 Å². The molecular formula is C42H59N7O13. The number of nitro benzene ring substituents is 1. The van der Waals surface area contributed by atoms with Crippen molar-refractivity contribution in [2.75, 3.05) is 27.2 Å². The lowest BCUT2D eigenvalue weighted by atomic mass is 9.93. The van der Waals surface area contributed by atoms with E-state index in [1.165, 1.54) is 59.0 Å². The second kappa shape index (κ2) is 23.1. The number of fused-ring (bicyclic) bond motifs is 5. The Labute approximate surface area is 359 Å². The Morgan fingerprint density at radius 2 is 1.53 bits per heavy atom. The number of rotatable bonds is 19. The molecule has 4 bridgehead atoms. The molecule has 0 spiro atoms. The predicted octanol–water partition coefficient (Wildman–Crippen LogP) is 2.02. The first-order valence-electron chi connectivity index (χ1n) is 20.6. The van der Waals surface area contributed by atoms with E-state index in [1.54, 1.807) is 0 Å². The number of hydrogen-bond donors (Lipinski definition) is 8. The minimum absolute atomic E-state index is 0.00276.